The van der Waals surface area contributed by atoms with Crippen LogP contribution in [-0.4, -0.2) is 12.1 Å². The molecule has 66 valence electrons. The van der Waals surface area contributed by atoms with Crippen LogP contribution in [0.3, 0.4) is 0 Å². The number of thiophene rings is 1. The molecule has 0 radical (unpaired) electrons. The van der Waals surface area contributed by atoms with Gasteiger partial charge < -0.3 is 4.74 Å². The second kappa shape index (κ2) is 3.58. The maximum absolute atomic E-state index is 5.11. The predicted molar refractivity (Wildman–Crippen MR) is 54.1 cm³/mol. The molecular weight excluding hydrogens is 182 g/mol. The molecule has 2 nitrogen and oxygen atoms in total. The summed E-state index contributed by atoms with van der Waals surface area (Å²) in [5.74, 6) is 0. The summed E-state index contributed by atoms with van der Waals surface area (Å²) in [5, 5.41) is 0.917. The number of hydrogen-bond donors (Lipinski definition) is 0. The highest BCUT2D eigenvalue weighted by Crippen LogP contribution is 2.30. The molecule has 2 aromatic rings. The molecule has 2 rings (SSSR count). The Balaban J connectivity index is 2.36. The molecular formula is C10H9NOS. The molecule has 0 aliphatic rings. The summed E-state index contributed by atoms with van der Waals surface area (Å²) in [5.41, 5.74) is 0.996. The van der Waals surface area contributed by atoms with Crippen LogP contribution in [0.25, 0.3) is 10.6 Å². The lowest BCUT2D eigenvalue weighted by Crippen LogP contribution is -1.76. The molecule has 2 aromatic heterocycles. The number of rotatable bonds is 2. The number of ether oxygens (including phenoxy) is 1. The Morgan fingerprint density at radius 3 is 2.77 bits per heavy atom. The van der Waals surface area contributed by atoms with E-state index in [0.29, 0.717) is 0 Å². The van der Waals surface area contributed by atoms with Crippen LogP contribution in [-0.2, 0) is 0 Å². The van der Waals surface area contributed by atoms with Gasteiger partial charge in [0.15, 0.2) is 5.06 Å². The molecule has 0 atom stereocenters. The lowest BCUT2D eigenvalue weighted by atomic mass is 10.3. The summed E-state index contributed by atoms with van der Waals surface area (Å²) >= 11 is 1.60. The fourth-order valence-electron chi connectivity index (χ4n) is 1.08. The molecule has 0 amide bonds. The van der Waals surface area contributed by atoms with E-state index in [0.717, 1.165) is 15.6 Å². The largest absolute Gasteiger partial charge is 0.487 e. The van der Waals surface area contributed by atoms with Gasteiger partial charge in [0.25, 0.3) is 0 Å². The van der Waals surface area contributed by atoms with Gasteiger partial charge in [-0.1, -0.05) is 17.4 Å². The van der Waals surface area contributed by atoms with Crippen LogP contribution < -0.4 is 4.74 Å². The number of pyridine rings is 1. The summed E-state index contributed by atoms with van der Waals surface area (Å²) in [6.07, 6.45) is 1.79. The van der Waals surface area contributed by atoms with Crippen LogP contribution >= 0.6 is 11.3 Å². The first kappa shape index (κ1) is 8.26. The minimum atomic E-state index is 0.917. The van der Waals surface area contributed by atoms with Crippen molar-refractivity contribution >= 4 is 11.3 Å². The minimum absolute atomic E-state index is 0.917. The standard InChI is InChI=1S/C10H9NOS/c1-12-10-6-5-9(13-10)8-4-2-3-7-11-8/h2-7H,1H3. The quantitative estimate of drug-likeness (QED) is 0.728. The molecule has 0 aliphatic heterocycles. The SMILES string of the molecule is COc1ccc(-c2ccccn2)s1. The Bertz CT molecular complexity index is 383. The van der Waals surface area contributed by atoms with Crippen molar-refractivity contribution < 1.29 is 4.74 Å². The Kier molecular flexibility index (Phi) is 2.27. The minimum Gasteiger partial charge on any atom is -0.487 e. The maximum atomic E-state index is 5.11. The Labute approximate surface area is 80.8 Å². The molecule has 0 bridgehead atoms. The average molecular weight is 191 g/mol. The van der Waals surface area contributed by atoms with Gasteiger partial charge in [-0.25, -0.2) is 0 Å². The highest BCUT2D eigenvalue weighted by Gasteiger charge is 2.02. The number of nitrogens with zero attached hydrogens (tertiary/aromatic N) is 1. The molecule has 13 heavy (non-hydrogen) atoms. The van der Waals surface area contributed by atoms with Gasteiger partial charge in [-0.05, 0) is 24.3 Å². The van der Waals surface area contributed by atoms with Crippen molar-refractivity contribution in [3.63, 3.8) is 0 Å². The van der Waals surface area contributed by atoms with Crippen molar-refractivity contribution in [2.45, 2.75) is 0 Å². The van der Waals surface area contributed by atoms with Crippen molar-refractivity contribution in [1.82, 2.24) is 4.98 Å². The summed E-state index contributed by atoms with van der Waals surface area (Å²) < 4.78 is 5.11. The molecule has 2 heterocycles. The smallest absolute Gasteiger partial charge is 0.173 e. The summed E-state index contributed by atoms with van der Waals surface area (Å²) in [6.45, 7) is 0. The lowest BCUT2D eigenvalue weighted by Gasteiger charge is -1.93. The number of methoxy groups -OCH3 is 1. The van der Waals surface area contributed by atoms with Crippen LogP contribution in [0.1, 0.15) is 0 Å². The van der Waals surface area contributed by atoms with E-state index >= 15 is 0 Å². The second-order valence-corrected chi connectivity index (χ2v) is 3.58. The van der Waals surface area contributed by atoms with Gasteiger partial charge in [0.05, 0.1) is 17.7 Å². The highest BCUT2D eigenvalue weighted by molar-refractivity contribution is 7.17. The van der Waals surface area contributed by atoms with E-state index < -0.39 is 0 Å². The molecule has 3 heteroatoms. The molecule has 0 N–H and O–H groups in total. The van der Waals surface area contributed by atoms with Gasteiger partial charge in [0.2, 0.25) is 0 Å². The normalized spacial score (nSPS) is 9.92. The zero-order chi connectivity index (χ0) is 9.10. The molecule has 0 spiro atoms. The number of aromatic nitrogens is 1. The third kappa shape index (κ3) is 1.70. The third-order valence-electron chi connectivity index (χ3n) is 1.70. The summed E-state index contributed by atoms with van der Waals surface area (Å²) in [4.78, 5) is 5.39. The maximum Gasteiger partial charge on any atom is 0.173 e. The fraction of sp³-hybridized carbons (Fsp3) is 0.100. The zero-order valence-electron chi connectivity index (χ0n) is 7.23. The predicted octanol–water partition coefficient (Wildman–Crippen LogP) is 2.82. The first-order chi connectivity index (χ1) is 6.40. The van der Waals surface area contributed by atoms with Crippen LogP contribution in [0.15, 0.2) is 36.5 Å². The van der Waals surface area contributed by atoms with Crippen molar-refractivity contribution in [1.29, 1.82) is 0 Å². The fourth-order valence-corrected chi connectivity index (χ4v) is 1.87. The van der Waals surface area contributed by atoms with Crippen molar-refractivity contribution in [3.8, 4) is 15.6 Å². The van der Waals surface area contributed by atoms with E-state index in [-0.39, 0.29) is 0 Å². The first-order valence-corrected chi connectivity index (χ1v) is 4.77. The average Bonchev–Trinajstić information content (AvgIpc) is 2.67. The molecule has 0 aromatic carbocycles. The highest BCUT2D eigenvalue weighted by atomic mass is 32.1. The molecule has 0 unspecified atom stereocenters. The van der Waals surface area contributed by atoms with Crippen molar-refractivity contribution in [2.24, 2.45) is 0 Å². The number of hydrogen-bond acceptors (Lipinski definition) is 3. The van der Waals surface area contributed by atoms with Gasteiger partial charge in [0, 0.05) is 6.20 Å². The van der Waals surface area contributed by atoms with Crippen LogP contribution in [0.2, 0.25) is 0 Å². The van der Waals surface area contributed by atoms with Gasteiger partial charge in [0.1, 0.15) is 0 Å². The van der Waals surface area contributed by atoms with Gasteiger partial charge in [-0.15, -0.1) is 0 Å². The van der Waals surface area contributed by atoms with Gasteiger partial charge in [-0.2, -0.15) is 0 Å². The van der Waals surface area contributed by atoms with E-state index in [9.17, 15) is 0 Å². The molecule has 0 saturated carbocycles. The van der Waals surface area contributed by atoms with Crippen molar-refractivity contribution in [3.05, 3.63) is 36.5 Å². The van der Waals surface area contributed by atoms with E-state index in [2.05, 4.69) is 4.98 Å². The molecule has 0 aliphatic carbocycles. The van der Waals surface area contributed by atoms with Crippen molar-refractivity contribution in [2.75, 3.05) is 7.11 Å². The Morgan fingerprint density at radius 2 is 2.15 bits per heavy atom. The lowest BCUT2D eigenvalue weighted by molar-refractivity contribution is 0.427. The van der Waals surface area contributed by atoms with Crippen LogP contribution in [0, 0.1) is 0 Å². The first-order valence-electron chi connectivity index (χ1n) is 3.95. The Morgan fingerprint density at radius 1 is 1.23 bits per heavy atom. The van der Waals surface area contributed by atoms with Crippen LogP contribution in [0.5, 0.6) is 5.06 Å². The van der Waals surface area contributed by atoms with E-state index in [1.807, 2.05) is 30.3 Å². The van der Waals surface area contributed by atoms with E-state index in [1.165, 1.54) is 0 Å². The van der Waals surface area contributed by atoms with E-state index in [1.54, 1.807) is 24.6 Å². The second-order valence-electron chi connectivity index (χ2n) is 2.54. The van der Waals surface area contributed by atoms with E-state index in [4.69, 9.17) is 4.74 Å². The molecule has 0 saturated heterocycles. The third-order valence-corrected chi connectivity index (χ3v) is 2.77. The van der Waals surface area contributed by atoms with Gasteiger partial charge >= 0.3 is 0 Å². The summed E-state index contributed by atoms with van der Waals surface area (Å²) in [7, 11) is 1.67. The molecule has 0 fully saturated rings. The monoisotopic (exact) mass is 191 g/mol. The zero-order valence-corrected chi connectivity index (χ0v) is 8.04. The van der Waals surface area contributed by atoms with Crippen LogP contribution in [0.4, 0.5) is 0 Å². The summed E-state index contributed by atoms with van der Waals surface area (Å²) in [6, 6.07) is 9.86. The Hall–Kier alpha value is -1.35. The van der Waals surface area contributed by atoms with Gasteiger partial charge in [-0.3, -0.25) is 4.98 Å². The topological polar surface area (TPSA) is 22.1 Å².